The van der Waals surface area contributed by atoms with Crippen LogP contribution in [0.2, 0.25) is 0 Å². The van der Waals surface area contributed by atoms with E-state index in [4.69, 9.17) is 5.73 Å². The predicted octanol–water partition coefficient (Wildman–Crippen LogP) is 2.28. The van der Waals surface area contributed by atoms with E-state index in [2.05, 4.69) is 13.8 Å². The van der Waals surface area contributed by atoms with Gasteiger partial charge in [0, 0.05) is 5.56 Å². The van der Waals surface area contributed by atoms with Crippen molar-refractivity contribution in [2.75, 3.05) is 0 Å². The second-order valence-corrected chi connectivity index (χ2v) is 5.05. The van der Waals surface area contributed by atoms with Crippen LogP contribution in [0.1, 0.15) is 31.4 Å². The van der Waals surface area contributed by atoms with Crippen LogP contribution in [-0.2, 0) is 5.54 Å². The lowest BCUT2D eigenvalue weighted by molar-refractivity contribution is 0.439. The third-order valence-corrected chi connectivity index (χ3v) is 3.44. The number of phenols is 1. The van der Waals surface area contributed by atoms with Gasteiger partial charge in [-0.25, -0.2) is 0 Å². The second-order valence-electron chi connectivity index (χ2n) is 5.05. The van der Waals surface area contributed by atoms with Gasteiger partial charge in [-0.1, -0.05) is 26.0 Å². The standard InChI is InChI=1S/C12H17NO/c1-8-4-5-9(10(14)6-8)12(13)7-11(12,2)3/h4-6,14H,7,13H2,1-3H3. The number of phenolic OH excluding ortho intramolecular Hbond substituents is 1. The fourth-order valence-corrected chi connectivity index (χ4v) is 2.13. The van der Waals surface area contributed by atoms with E-state index in [-0.39, 0.29) is 11.0 Å². The van der Waals surface area contributed by atoms with Gasteiger partial charge in [-0.15, -0.1) is 0 Å². The van der Waals surface area contributed by atoms with E-state index in [1.807, 2.05) is 19.1 Å². The van der Waals surface area contributed by atoms with Crippen molar-refractivity contribution < 1.29 is 5.11 Å². The second kappa shape index (κ2) is 2.51. The zero-order chi connectivity index (χ0) is 10.6. The van der Waals surface area contributed by atoms with Crippen LogP contribution in [0.25, 0.3) is 0 Å². The van der Waals surface area contributed by atoms with Gasteiger partial charge in [0.2, 0.25) is 0 Å². The minimum Gasteiger partial charge on any atom is -0.508 e. The highest BCUT2D eigenvalue weighted by Gasteiger charge is 2.60. The Hall–Kier alpha value is -1.02. The first kappa shape index (κ1) is 9.53. The fourth-order valence-electron chi connectivity index (χ4n) is 2.13. The van der Waals surface area contributed by atoms with E-state index in [1.165, 1.54) is 0 Å². The first-order valence-electron chi connectivity index (χ1n) is 4.96. The van der Waals surface area contributed by atoms with E-state index in [0.29, 0.717) is 5.75 Å². The summed E-state index contributed by atoms with van der Waals surface area (Å²) in [6, 6.07) is 5.72. The summed E-state index contributed by atoms with van der Waals surface area (Å²) in [4.78, 5) is 0. The van der Waals surface area contributed by atoms with Crippen LogP contribution in [0, 0.1) is 12.3 Å². The highest BCUT2D eigenvalue weighted by molar-refractivity contribution is 5.46. The Balaban J connectivity index is 2.45. The summed E-state index contributed by atoms with van der Waals surface area (Å²) in [5.74, 6) is 0.332. The molecule has 1 fully saturated rings. The molecular weight excluding hydrogens is 174 g/mol. The van der Waals surface area contributed by atoms with Crippen LogP contribution in [0.3, 0.4) is 0 Å². The number of nitrogens with two attached hydrogens (primary N) is 1. The SMILES string of the molecule is Cc1ccc(C2(N)CC2(C)C)c(O)c1. The van der Waals surface area contributed by atoms with Gasteiger partial charge in [0.1, 0.15) is 5.75 Å². The van der Waals surface area contributed by atoms with Gasteiger partial charge in [-0.05, 0) is 30.4 Å². The molecule has 2 nitrogen and oxygen atoms in total. The topological polar surface area (TPSA) is 46.2 Å². The fraction of sp³-hybridized carbons (Fsp3) is 0.500. The summed E-state index contributed by atoms with van der Waals surface area (Å²) < 4.78 is 0. The quantitative estimate of drug-likeness (QED) is 0.715. The van der Waals surface area contributed by atoms with Crippen molar-refractivity contribution >= 4 is 0 Å². The number of hydrogen-bond donors (Lipinski definition) is 2. The molecule has 0 amide bonds. The van der Waals surface area contributed by atoms with Crippen molar-refractivity contribution in [3.63, 3.8) is 0 Å². The van der Waals surface area contributed by atoms with E-state index in [0.717, 1.165) is 17.5 Å². The van der Waals surface area contributed by atoms with Gasteiger partial charge in [0.15, 0.2) is 0 Å². The zero-order valence-corrected chi connectivity index (χ0v) is 8.96. The molecule has 0 saturated heterocycles. The number of aromatic hydroxyl groups is 1. The smallest absolute Gasteiger partial charge is 0.120 e. The molecule has 0 heterocycles. The summed E-state index contributed by atoms with van der Waals surface area (Å²) >= 11 is 0. The molecule has 1 atom stereocenters. The Kier molecular flexibility index (Phi) is 1.71. The van der Waals surface area contributed by atoms with Crippen molar-refractivity contribution in [3.05, 3.63) is 29.3 Å². The zero-order valence-electron chi connectivity index (χ0n) is 8.96. The Labute approximate surface area is 84.7 Å². The maximum absolute atomic E-state index is 9.82. The maximum Gasteiger partial charge on any atom is 0.120 e. The highest BCUT2D eigenvalue weighted by atomic mass is 16.3. The van der Waals surface area contributed by atoms with Crippen molar-refractivity contribution in [1.29, 1.82) is 0 Å². The normalized spacial score (nSPS) is 28.9. The molecule has 0 aromatic heterocycles. The number of benzene rings is 1. The maximum atomic E-state index is 9.82. The lowest BCUT2D eigenvalue weighted by atomic mass is 9.95. The van der Waals surface area contributed by atoms with Gasteiger partial charge in [-0.3, -0.25) is 0 Å². The summed E-state index contributed by atoms with van der Waals surface area (Å²) in [6.45, 7) is 6.23. The molecule has 1 aromatic carbocycles. The molecule has 14 heavy (non-hydrogen) atoms. The number of aryl methyl sites for hydroxylation is 1. The minimum absolute atomic E-state index is 0.111. The third-order valence-electron chi connectivity index (χ3n) is 3.44. The Morgan fingerprint density at radius 2 is 1.93 bits per heavy atom. The number of hydrogen-bond acceptors (Lipinski definition) is 2. The highest BCUT2D eigenvalue weighted by Crippen LogP contribution is 2.61. The minimum atomic E-state index is -0.329. The third kappa shape index (κ3) is 1.14. The van der Waals surface area contributed by atoms with Crippen LogP contribution in [0.5, 0.6) is 5.75 Å². The lowest BCUT2D eigenvalue weighted by Gasteiger charge is -2.17. The van der Waals surface area contributed by atoms with Gasteiger partial charge >= 0.3 is 0 Å². The van der Waals surface area contributed by atoms with Crippen LogP contribution < -0.4 is 5.73 Å². The number of rotatable bonds is 1. The summed E-state index contributed by atoms with van der Waals surface area (Å²) in [7, 11) is 0. The van der Waals surface area contributed by atoms with Crippen molar-refractivity contribution in [2.24, 2.45) is 11.1 Å². The average molecular weight is 191 g/mol. The average Bonchev–Trinajstić information content (AvgIpc) is 2.50. The van der Waals surface area contributed by atoms with Gasteiger partial charge in [0.05, 0.1) is 5.54 Å². The van der Waals surface area contributed by atoms with Gasteiger partial charge in [0.25, 0.3) is 0 Å². The molecule has 2 heteroatoms. The predicted molar refractivity (Wildman–Crippen MR) is 57.1 cm³/mol. The molecule has 1 saturated carbocycles. The molecule has 0 bridgehead atoms. The first-order valence-corrected chi connectivity index (χ1v) is 4.96. The molecule has 0 aliphatic heterocycles. The molecule has 1 aliphatic rings. The Morgan fingerprint density at radius 3 is 2.36 bits per heavy atom. The van der Waals surface area contributed by atoms with Gasteiger partial charge < -0.3 is 10.8 Å². The Morgan fingerprint density at radius 1 is 1.36 bits per heavy atom. The van der Waals surface area contributed by atoms with Crippen LogP contribution in [0.4, 0.5) is 0 Å². The molecular formula is C12H17NO. The summed E-state index contributed by atoms with van der Waals surface area (Å²) in [6.07, 6.45) is 0.941. The lowest BCUT2D eigenvalue weighted by Crippen LogP contribution is -2.25. The molecule has 2 rings (SSSR count). The Bertz CT molecular complexity index is 384. The van der Waals surface area contributed by atoms with Crippen molar-refractivity contribution in [2.45, 2.75) is 32.7 Å². The summed E-state index contributed by atoms with van der Waals surface area (Å²) in [5, 5.41) is 9.82. The molecule has 1 aliphatic carbocycles. The van der Waals surface area contributed by atoms with Crippen LogP contribution >= 0.6 is 0 Å². The molecule has 3 N–H and O–H groups in total. The summed E-state index contributed by atoms with van der Waals surface area (Å²) in [5.41, 5.74) is 7.96. The van der Waals surface area contributed by atoms with E-state index in [1.54, 1.807) is 6.07 Å². The van der Waals surface area contributed by atoms with E-state index in [9.17, 15) is 5.11 Å². The molecule has 0 radical (unpaired) electrons. The van der Waals surface area contributed by atoms with Crippen molar-refractivity contribution in [1.82, 2.24) is 0 Å². The molecule has 1 aromatic rings. The first-order chi connectivity index (χ1) is 6.37. The van der Waals surface area contributed by atoms with E-state index >= 15 is 0 Å². The molecule has 1 unspecified atom stereocenters. The van der Waals surface area contributed by atoms with Crippen molar-refractivity contribution in [3.8, 4) is 5.75 Å². The monoisotopic (exact) mass is 191 g/mol. The van der Waals surface area contributed by atoms with Gasteiger partial charge in [-0.2, -0.15) is 0 Å². The van der Waals surface area contributed by atoms with Crippen LogP contribution in [-0.4, -0.2) is 5.11 Å². The van der Waals surface area contributed by atoms with Crippen LogP contribution in [0.15, 0.2) is 18.2 Å². The van der Waals surface area contributed by atoms with E-state index < -0.39 is 0 Å². The largest absolute Gasteiger partial charge is 0.508 e. The molecule has 76 valence electrons. The molecule has 0 spiro atoms.